The SMILES string of the molecule is C(=NNc1ccc2ccccc2c1)c1ccco1.CN(C)c1ccc(C=NNc2ccc3ccccc3c2)cc1. The van der Waals surface area contributed by atoms with E-state index < -0.39 is 0 Å². The number of hydrogen-bond donors (Lipinski definition) is 2. The fourth-order valence-corrected chi connectivity index (χ4v) is 4.09. The molecular weight excluding hydrogens is 494 g/mol. The molecule has 198 valence electrons. The molecule has 0 spiro atoms. The van der Waals surface area contributed by atoms with Crippen LogP contribution in [0.25, 0.3) is 21.5 Å². The smallest absolute Gasteiger partial charge is 0.146 e. The molecule has 0 aliphatic carbocycles. The Kier molecular flexibility index (Phi) is 8.49. The maximum absolute atomic E-state index is 5.15. The first kappa shape index (κ1) is 26.3. The average Bonchev–Trinajstić information content (AvgIpc) is 3.51. The summed E-state index contributed by atoms with van der Waals surface area (Å²) in [6.07, 6.45) is 5.10. The number of hydrogen-bond acceptors (Lipinski definition) is 6. The quantitative estimate of drug-likeness (QED) is 0.163. The van der Waals surface area contributed by atoms with Crippen molar-refractivity contribution in [2.45, 2.75) is 0 Å². The van der Waals surface area contributed by atoms with Gasteiger partial charge in [-0.1, -0.05) is 72.8 Å². The molecule has 6 nitrogen and oxygen atoms in total. The summed E-state index contributed by atoms with van der Waals surface area (Å²) in [5.41, 5.74) is 10.3. The third-order valence-electron chi connectivity index (χ3n) is 6.24. The lowest BCUT2D eigenvalue weighted by Crippen LogP contribution is -2.08. The summed E-state index contributed by atoms with van der Waals surface area (Å²) < 4.78 is 5.15. The van der Waals surface area contributed by atoms with Gasteiger partial charge in [0.05, 0.1) is 30.1 Å². The molecule has 2 N–H and O–H groups in total. The minimum atomic E-state index is 0.725. The van der Waals surface area contributed by atoms with E-state index in [2.05, 4.69) is 98.8 Å². The normalized spacial score (nSPS) is 11.1. The summed E-state index contributed by atoms with van der Waals surface area (Å²) in [5, 5.41) is 13.3. The van der Waals surface area contributed by atoms with Crippen LogP contribution in [0.2, 0.25) is 0 Å². The molecule has 0 atom stereocenters. The maximum atomic E-state index is 5.15. The molecule has 0 amide bonds. The van der Waals surface area contributed by atoms with E-state index in [-0.39, 0.29) is 0 Å². The van der Waals surface area contributed by atoms with E-state index in [4.69, 9.17) is 4.42 Å². The zero-order valence-corrected chi connectivity index (χ0v) is 22.5. The van der Waals surface area contributed by atoms with Crippen molar-refractivity contribution in [1.29, 1.82) is 0 Å². The molecule has 40 heavy (non-hydrogen) atoms. The molecule has 0 saturated carbocycles. The van der Waals surface area contributed by atoms with Gasteiger partial charge in [0.2, 0.25) is 0 Å². The van der Waals surface area contributed by atoms with Crippen LogP contribution in [0.4, 0.5) is 17.1 Å². The molecule has 1 aromatic heterocycles. The van der Waals surface area contributed by atoms with Crippen molar-refractivity contribution in [2.75, 3.05) is 29.8 Å². The Morgan fingerprint density at radius 1 is 0.575 bits per heavy atom. The highest BCUT2D eigenvalue weighted by Gasteiger charge is 1.97. The zero-order chi connectivity index (χ0) is 27.6. The number of hydrazone groups is 2. The second-order valence-electron chi connectivity index (χ2n) is 9.37. The molecule has 0 saturated heterocycles. The van der Waals surface area contributed by atoms with Gasteiger partial charge in [0.1, 0.15) is 5.76 Å². The molecule has 0 unspecified atom stereocenters. The molecular formula is C34H31N5O. The summed E-state index contributed by atoms with van der Waals surface area (Å²) in [7, 11) is 4.06. The maximum Gasteiger partial charge on any atom is 0.146 e. The highest BCUT2D eigenvalue weighted by Crippen LogP contribution is 2.20. The van der Waals surface area contributed by atoms with Gasteiger partial charge in [-0.2, -0.15) is 10.2 Å². The van der Waals surface area contributed by atoms with Gasteiger partial charge in [0.25, 0.3) is 0 Å². The van der Waals surface area contributed by atoms with Gasteiger partial charge in [-0.15, -0.1) is 0 Å². The van der Waals surface area contributed by atoms with Crippen LogP contribution in [0.1, 0.15) is 11.3 Å². The monoisotopic (exact) mass is 525 g/mol. The van der Waals surface area contributed by atoms with Crippen molar-refractivity contribution in [2.24, 2.45) is 10.2 Å². The number of nitrogens with zero attached hydrogens (tertiary/aromatic N) is 3. The van der Waals surface area contributed by atoms with Crippen molar-refractivity contribution in [3.05, 3.63) is 139 Å². The Labute approximate surface area is 234 Å². The highest BCUT2D eigenvalue weighted by molar-refractivity contribution is 5.87. The van der Waals surface area contributed by atoms with Crippen molar-refractivity contribution >= 4 is 51.0 Å². The summed E-state index contributed by atoms with van der Waals surface area (Å²) in [6, 6.07) is 40.8. The Hall–Kier alpha value is -5.36. The number of fused-ring (bicyclic) bond motifs is 2. The lowest BCUT2D eigenvalue weighted by molar-refractivity contribution is 0.560. The number of furan rings is 1. The van der Waals surface area contributed by atoms with Gasteiger partial charge in [-0.25, -0.2) is 0 Å². The van der Waals surface area contributed by atoms with Crippen LogP contribution in [0.3, 0.4) is 0 Å². The van der Waals surface area contributed by atoms with E-state index in [0.29, 0.717) is 0 Å². The van der Waals surface area contributed by atoms with Crippen molar-refractivity contribution in [1.82, 2.24) is 0 Å². The Balaban J connectivity index is 0.000000164. The number of benzene rings is 5. The second-order valence-corrected chi connectivity index (χ2v) is 9.37. The molecule has 0 fully saturated rings. The molecule has 6 aromatic rings. The predicted molar refractivity (Wildman–Crippen MR) is 170 cm³/mol. The van der Waals surface area contributed by atoms with Gasteiger partial charge >= 0.3 is 0 Å². The first-order valence-corrected chi connectivity index (χ1v) is 13.0. The summed E-state index contributed by atoms with van der Waals surface area (Å²) in [5.74, 6) is 0.725. The first-order chi connectivity index (χ1) is 19.6. The predicted octanol–water partition coefficient (Wildman–Crippen LogP) is 8.23. The molecule has 0 radical (unpaired) electrons. The summed E-state index contributed by atoms with van der Waals surface area (Å²) >= 11 is 0. The van der Waals surface area contributed by atoms with Gasteiger partial charge < -0.3 is 9.32 Å². The van der Waals surface area contributed by atoms with Gasteiger partial charge in [0.15, 0.2) is 0 Å². The molecule has 6 rings (SSSR count). The minimum absolute atomic E-state index is 0.725. The van der Waals surface area contributed by atoms with Crippen LogP contribution in [-0.4, -0.2) is 26.5 Å². The van der Waals surface area contributed by atoms with E-state index >= 15 is 0 Å². The first-order valence-electron chi connectivity index (χ1n) is 13.0. The lowest BCUT2D eigenvalue weighted by Gasteiger charge is -2.11. The fourth-order valence-electron chi connectivity index (χ4n) is 4.09. The van der Waals surface area contributed by atoms with E-state index in [1.165, 1.54) is 27.2 Å². The molecule has 0 aliphatic rings. The van der Waals surface area contributed by atoms with Crippen molar-refractivity contribution < 1.29 is 4.42 Å². The molecule has 0 bridgehead atoms. The van der Waals surface area contributed by atoms with E-state index in [9.17, 15) is 0 Å². The molecule has 1 heterocycles. The summed E-state index contributed by atoms with van der Waals surface area (Å²) in [6.45, 7) is 0. The lowest BCUT2D eigenvalue weighted by atomic mass is 10.1. The average molecular weight is 526 g/mol. The van der Waals surface area contributed by atoms with Crippen molar-refractivity contribution in [3.8, 4) is 0 Å². The van der Waals surface area contributed by atoms with Crippen LogP contribution in [0, 0.1) is 0 Å². The third kappa shape index (κ3) is 7.14. The van der Waals surface area contributed by atoms with Gasteiger partial charge in [-0.05, 0) is 75.6 Å². The molecule has 0 aliphatic heterocycles. The van der Waals surface area contributed by atoms with Crippen molar-refractivity contribution in [3.63, 3.8) is 0 Å². The van der Waals surface area contributed by atoms with Crippen LogP contribution < -0.4 is 15.8 Å². The standard InChI is InChI=1S/C19H19N3.C15H12N2O/c1-22(2)19-11-7-15(8-12-19)14-20-21-18-10-9-16-5-3-4-6-17(16)13-18;1-2-5-13-10-14(8-7-12(13)4-1)17-16-11-15-6-3-9-18-15/h3-14,21H,1-2H3;1-11,17H. The van der Waals surface area contributed by atoms with E-state index in [1.54, 1.807) is 12.5 Å². The number of anilines is 3. The summed E-state index contributed by atoms with van der Waals surface area (Å²) in [4.78, 5) is 2.08. The van der Waals surface area contributed by atoms with Crippen LogP contribution >= 0.6 is 0 Å². The molecule has 5 aromatic carbocycles. The van der Waals surface area contributed by atoms with E-state index in [0.717, 1.165) is 22.7 Å². The Bertz CT molecular complexity index is 1720. The number of nitrogens with one attached hydrogen (secondary N) is 2. The second kappa shape index (κ2) is 12.9. The van der Waals surface area contributed by atoms with E-state index in [1.807, 2.05) is 68.8 Å². The third-order valence-corrected chi connectivity index (χ3v) is 6.24. The van der Waals surface area contributed by atoms with Crippen LogP contribution in [-0.2, 0) is 0 Å². The van der Waals surface area contributed by atoms with Gasteiger partial charge in [-0.3, -0.25) is 10.9 Å². The molecule has 6 heteroatoms. The van der Waals surface area contributed by atoms with Crippen LogP contribution in [0.15, 0.2) is 142 Å². The number of rotatable bonds is 7. The largest absolute Gasteiger partial charge is 0.463 e. The van der Waals surface area contributed by atoms with Crippen LogP contribution in [0.5, 0.6) is 0 Å². The Morgan fingerprint density at radius 2 is 1.12 bits per heavy atom. The van der Waals surface area contributed by atoms with Gasteiger partial charge in [0, 0.05) is 19.8 Å². The Morgan fingerprint density at radius 3 is 1.65 bits per heavy atom. The topological polar surface area (TPSA) is 65.2 Å². The highest BCUT2D eigenvalue weighted by atomic mass is 16.3. The zero-order valence-electron chi connectivity index (χ0n) is 22.5. The fraction of sp³-hybridized carbons (Fsp3) is 0.0588. The minimum Gasteiger partial charge on any atom is -0.463 e.